The highest BCUT2D eigenvalue weighted by atomic mass is 16.5. The number of aromatic hydroxyl groups is 1. The summed E-state index contributed by atoms with van der Waals surface area (Å²) < 4.78 is 16.6. The molecule has 0 amide bonds. The number of aliphatic carboxylic acids is 1. The zero-order valence-corrected chi connectivity index (χ0v) is 24.1. The molecule has 0 aliphatic heterocycles. The Hall–Kier alpha value is -3.55. The number of carbonyl (C=O) groups excluding carboxylic acids is 2. The van der Waals surface area contributed by atoms with Crippen molar-refractivity contribution >= 4 is 17.7 Å². The van der Waals surface area contributed by atoms with Crippen molar-refractivity contribution in [1.82, 2.24) is 0 Å². The number of Topliss-reactive ketones (excluding diaryl/α,β-unsaturated/α-hetero) is 1. The number of hydrogen-bond donors (Lipinski definition) is 2. The van der Waals surface area contributed by atoms with Crippen LogP contribution in [0.5, 0.6) is 17.2 Å². The third-order valence-corrected chi connectivity index (χ3v) is 6.87. The van der Waals surface area contributed by atoms with Crippen LogP contribution in [0.3, 0.4) is 0 Å². The number of phenolic OH excluding ortho intramolecular Hbond substituents is 1. The summed E-state index contributed by atoms with van der Waals surface area (Å²) in [6, 6.07) is 9.15. The Balaban J connectivity index is 1.82. The van der Waals surface area contributed by atoms with E-state index in [0.29, 0.717) is 43.8 Å². The highest BCUT2D eigenvalue weighted by molar-refractivity contribution is 5.97. The second-order valence-corrected chi connectivity index (χ2v) is 9.92. The van der Waals surface area contributed by atoms with E-state index in [1.165, 1.54) is 20.1 Å². The van der Waals surface area contributed by atoms with Crippen LogP contribution in [-0.2, 0) is 33.6 Å². The number of benzene rings is 2. The monoisotopic (exact) mass is 556 g/mol. The van der Waals surface area contributed by atoms with Gasteiger partial charge in [0.05, 0.1) is 25.9 Å². The van der Waals surface area contributed by atoms with Crippen LogP contribution >= 0.6 is 0 Å². The Bertz CT molecular complexity index is 1110. The van der Waals surface area contributed by atoms with Crippen LogP contribution in [-0.4, -0.2) is 48.3 Å². The van der Waals surface area contributed by atoms with Crippen LogP contribution in [0.25, 0.3) is 0 Å². The number of carboxylic acids is 1. The number of esters is 1. The lowest BCUT2D eigenvalue weighted by Gasteiger charge is -2.16. The van der Waals surface area contributed by atoms with Gasteiger partial charge in [-0.05, 0) is 87.1 Å². The summed E-state index contributed by atoms with van der Waals surface area (Å²) in [4.78, 5) is 34.2. The molecule has 40 heavy (non-hydrogen) atoms. The molecule has 2 aromatic rings. The minimum atomic E-state index is -0.834. The van der Waals surface area contributed by atoms with E-state index in [0.717, 1.165) is 73.8 Å². The van der Waals surface area contributed by atoms with Crippen LogP contribution in [0.1, 0.15) is 98.7 Å². The van der Waals surface area contributed by atoms with Crippen molar-refractivity contribution in [1.29, 1.82) is 0 Å². The topological polar surface area (TPSA) is 119 Å². The van der Waals surface area contributed by atoms with Crippen molar-refractivity contribution in [2.45, 2.75) is 90.9 Å². The molecule has 0 spiro atoms. The minimum absolute atomic E-state index is 0.0482. The first-order valence-electron chi connectivity index (χ1n) is 14.3. The molecule has 0 unspecified atom stereocenters. The standard InChI is InChI=1S/C32H44O8/c1-4-24-21-27(23(2)33)28(34)22-30(24)40-20-10-6-5-8-13-25-14-12-15-29(26(25)17-18-31(35)36)39-19-11-7-9-16-32(37)38-3/h12,14-15,21-22,34H,4-11,13,16-20H2,1-3H3,(H,35,36). The molecule has 0 heterocycles. The summed E-state index contributed by atoms with van der Waals surface area (Å²) in [6.07, 6.45) is 8.64. The average molecular weight is 557 g/mol. The van der Waals surface area contributed by atoms with Crippen molar-refractivity contribution < 1.29 is 38.8 Å². The SMILES string of the molecule is CCc1cc(C(C)=O)c(O)cc1OCCCCCCc1cccc(OCCCCCC(=O)OC)c1CCC(=O)O. The highest BCUT2D eigenvalue weighted by Crippen LogP contribution is 2.30. The lowest BCUT2D eigenvalue weighted by Crippen LogP contribution is -2.06. The van der Waals surface area contributed by atoms with Gasteiger partial charge in [-0.15, -0.1) is 0 Å². The van der Waals surface area contributed by atoms with Gasteiger partial charge < -0.3 is 24.4 Å². The quantitative estimate of drug-likeness (QED) is 0.108. The van der Waals surface area contributed by atoms with Crippen molar-refractivity contribution in [3.63, 3.8) is 0 Å². The summed E-state index contributed by atoms with van der Waals surface area (Å²) in [5.41, 5.74) is 3.30. The number of carboxylic acid groups (broad SMARTS) is 1. The number of hydrogen-bond acceptors (Lipinski definition) is 7. The molecule has 0 aromatic heterocycles. The van der Waals surface area contributed by atoms with Gasteiger partial charge in [0, 0.05) is 18.9 Å². The average Bonchev–Trinajstić information content (AvgIpc) is 2.93. The number of carbonyl (C=O) groups is 3. The third kappa shape index (κ3) is 11.3. The van der Waals surface area contributed by atoms with E-state index in [9.17, 15) is 24.6 Å². The molecule has 0 fully saturated rings. The van der Waals surface area contributed by atoms with E-state index in [2.05, 4.69) is 4.74 Å². The number of methoxy groups -OCH3 is 1. The molecule has 0 bridgehead atoms. The number of rotatable bonds is 20. The fourth-order valence-corrected chi connectivity index (χ4v) is 4.59. The van der Waals surface area contributed by atoms with Crippen LogP contribution in [0.4, 0.5) is 0 Å². The van der Waals surface area contributed by atoms with Crippen LogP contribution in [0.15, 0.2) is 30.3 Å². The van der Waals surface area contributed by atoms with Gasteiger partial charge in [0.15, 0.2) is 5.78 Å². The Morgan fingerprint density at radius 3 is 2.12 bits per heavy atom. The number of ketones is 1. The molecule has 8 nitrogen and oxygen atoms in total. The Morgan fingerprint density at radius 1 is 0.800 bits per heavy atom. The molecule has 8 heteroatoms. The molecule has 0 aliphatic rings. The van der Waals surface area contributed by atoms with Crippen molar-refractivity contribution in [3.05, 3.63) is 52.6 Å². The van der Waals surface area contributed by atoms with Crippen LogP contribution < -0.4 is 9.47 Å². The zero-order chi connectivity index (χ0) is 29.3. The van der Waals surface area contributed by atoms with Gasteiger partial charge in [0.1, 0.15) is 17.2 Å². The Labute approximate surface area is 237 Å². The third-order valence-electron chi connectivity index (χ3n) is 6.87. The summed E-state index contributed by atoms with van der Waals surface area (Å²) in [7, 11) is 1.39. The van der Waals surface area contributed by atoms with Crippen molar-refractivity contribution in [2.75, 3.05) is 20.3 Å². The molecule has 0 radical (unpaired) electrons. The van der Waals surface area contributed by atoms with Gasteiger partial charge in [0.2, 0.25) is 0 Å². The van der Waals surface area contributed by atoms with E-state index in [1.807, 2.05) is 25.1 Å². The summed E-state index contributed by atoms with van der Waals surface area (Å²) >= 11 is 0. The van der Waals surface area contributed by atoms with Crippen LogP contribution in [0, 0.1) is 0 Å². The summed E-state index contributed by atoms with van der Waals surface area (Å²) in [5, 5.41) is 19.4. The molecule has 220 valence electrons. The van der Waals surface area contributed by atoms with E-state index >= 15 is 0 Å². The second-order valence-electron chi connectivity index (χ2n) is 9.92. The molecule has 0 atom stereocenters. The van der Waals surface area contributed by atoms with Gasteiger partial charge >= 0.3 is 11.9 Å². The zero-order valence-electron chi connectivity index (χ0n) is 24.1. The highest BCUT2D eigenvalue weighted by Gasteiger charge is 2.14. The molecular weight excluding hydrogens is 512 g/mol. The van der Waals surface area contributed by atoms with Gasteiger partial charge in [-0.1, -0.05) is 31.9 Å². The normalized spacial score (nSPS) is 10.8. The van der Waals surface area contributed by atoms with Crippen molar-refractivity contribution in [3.8, 4) is 17.2 Å². The summed E-state index contributed by atoms with van der Waals surface area (Å²) in [6.45, 7) is 4.46. The fourth-order valence-electron chi connectivity index (χ4n) is 4.59. The molecule has 2 aromatic carbocycles. The first-order valence-corrected chi connectivity index (χ1v) is 14.3. The predicted molar refractivity (Wildman–Crippen MR) is 154 cm³/mol. The predicted octanol–water partition coefficient (Wildman–Crippen LogP) is 6.47. The molecule has 2 N–H and O–H groups in total. The maximum Gasteiger partial charge on any atom is 0.305 e. The van der Waals surface area contributed by atoms with Crippen molar-refractivity contribution in [2.24, 2.45) is 0 Å². The maximum atomic E-state index is 11.7. The minimum Gasteiger partial charge on any atom is -0.507 e. The molecule has 0 aliphatic carbocycles. The molecule has 0 saturated heterocycles. The second kappa shape index (κ2) is 17.9. The van der Waals surface area contributed by atoms with E-state index < -0.39 is 5.97 Å². The number of phenols is 1. The Kier molecular flexibility index (Phi) is 14.6. The van der Waals surface area contributed by atoms with Gasteiger partial charge in [-0.2, -0.15) is 0 Å². The van der Waals surface area contributed by atoms with E-state index in [4.69, 9.17) is 9.47 Å². The number of unbranched alkanes of at least 4 members (excludes halogenated alkanes) is 5. The number of aryl methyl sites for hydroxylation is 2. The molecular formula is C32H44O8. The number of ether oxygens (including phenoxy) is 3. The first-order chi connectivity index (χ1) is 19.3. The van der Waals surface area contributed by atoms with E-state index in [-0.39, 0.29) is 23.9 Å². The van der Waals surface area contributed by atoms with Gasteiger partial charge in [0.25, 0.3) is 0 Å². The fraction of sp³-hybridized carbons (Fsp3) is 0.531. The lowest BCUT2D eigenvalue weighted by atomic mass is 9.97. The van der Waals surface area contributed by atoms with Crippen LogP contribution in [0.2, 0.25) is 0 Å². The molecule has 2 rings (SSSR count). The van der Waals surface area contributed by atoms with E-state index in [1.54, 1.807) is 6.07 Å². The Morgan fingerprint density at radius 2 is 1.48 bits per heavy atom. The van der Waals surface area contributed by atoms with Gasteiger partial charge in [-0.3, -0.25) is 14.4 Å². The smallest absolute Gasteiger partial charge is 0.305 e. The largest absolute Gasteiger partial charge is 0.507 e. The maximum absolute atomic E-state index is 11.7. The summed E-state index contributed by atoms with van der Waals surface area (Å²) in [5.74, 6) is 0.0966. The molecule has 0 saturated carbocycles. The lowest BCUT2D eigenvalue weighted by molar-refractivity contribution is -0.141. The van der Waals surface area contributed by atoms with Gasteiger partial charge in [-0.25, -0.2) is 0 Å². The first kappa shape index (κ1) is 32.7.